The number of benzene rings is 1. The molecule has 0 saturated carbocycles. The second kappa shape index (κ2) is 8.13. The second-order valence-electron chi connectivity index (χ2n) is 4.79. The highest BCUT2D eigenvalue weighted by Gasteiger charge is 2.16. The minimum atomic E-state index is -0.384. The molecule has 2 aromatic heterocycles. The lowest BCUT2D eigenvalue weighted by Gasteiger charge is -2.02. The summed E-state index contributed by atoms with van der Waals surface area (Å²) in [7, 11) is 0. The molecule has 130 valence electrons. The summed E-state index contributed by atoms with van der Waals surface area (Å²) in [6.07, 6.45) is 0. The van der Waals surface area contributed by atoms with Crippen molar-refractivity contribution in [1.82, 2.24) is 15.4 Å². The highest BCUT2D eigenvalue weighted by atomic mass is 32.2. The number of hydrogen-bond donors (Lipinski definition) is 1. The Morgan fingerprint density at radius 1 is 1.28 bits per heavy atom. The zero-order valence-corrected chi connectivity index (χ0v) is 15.3. The van der Waals surface area contributed by atoms with E-state index in [0.29, 0.717) is 17.5 Å². The van der Waals surface area contributed by atoms with E-state index in [-0.39, 0.29) is 11.6 Å². The molecule has 7 nitrogen and oxygen atoms in total. The minimum Gasteiger partial charge on any atom is -0.494 e. The Kier molecular flexibility index (Phi) is 5.67. The number of anilines is 1. The predicted octanol–water partition coefficient (Wildman–Crippen LogP) is 3.96. The maximum absolute atomic E-state index is 12.2. The van der Waals surface area contributed by atoms with Crippen LogP contribution >= 0.6 is 23.1 Å². The number of carbonyl (C=O) groups is 1. The van der Waals surface area contributed by atoms with Gasteiger partial charge >= 0.3 is 0 Å². The number of nitrogens with zero attached hydrogens (tertiary/aromatic N) is 3. The van der Waals surface area contributed by atoms with E-state index in [9.17, 15) is 4.79 Å². The minimum absolute atomic E-state index is 0.184. The summed E-state index contributed by atoms with van der Waals surface area (Å²) in [4.78, 5) is 12.2. The van der Waals surface area contributed by atoms with Gasteiger partial charge in [0.25, 0.3) is 5.91 Å². The molecule has 0 aliphatic heterocycles. The number of hydrogen-bond acceptors (Lipinski definition) is 8. The van der Waals surface area contributed by atoms with Gasteiger partial charge in [-0.2, -0.15) is 0 Å². The molecule has 0 unspecified atom stereocenters. The smallest absolute Gasteiger partial charge is 0.279 e. The molecule has 0 aliphatic rings. The number of nitrogens with one attached hydrogen (secondary N) is 1. The summed E-state index contributed by atoms with van der Waals surface area (Å²) in [6, 6.07) is 8.98. The third kappa shape index (κ3) is 4.37. The maximum Gasteiger partial charge on any atom is 0.279 e. The Morgan fingerprint density at radius 2 is 2.08 bits per heavy atom. The summed E-state index contributed by atoms with van der Waals surface area (Å²) >= 11 is 2.90. The number of carbonyl (C=O) groups excluding carboxylic acids is 1. The van der Waals surface area contributed by atoms with Crippen LogP contribution in [0.25, 0.3) is 11.3 Å². The van der Waals surface area contributed by atoms with Gasteiger partial charge in [0.15, 0.2) is 15.8 Å². The third-order valence-electron chi connectivity index (χ3n) is 3.09. The Labute approximate surface area is 152 Å². The summed E-state index contributed by atoms with van der Waals surface area (Å²) in [5.74, 6) is 1.80. The first-order valence-corrected chi connectivity index (χ1v) is 9.47. The van der Waals surface area contributed by atoms with Crippen LogP contribution in [0.3, 0.4) is 0 Å². The van der Waals surface area contributed by atoms with Crippen LogP contribution in [0.1, 0.15) is 24.3 Å². The Hall–Kier alpha value is -2.39. The molecule has 0 fully saturated rings. The van der Waals surface area contributed by atoms with Gasteiger partial charge in [0.05, 0.1) is 6.61 Å². The molecule has 3 rings (SSSR count). The van der Waals surface area contributed by atoms with Crippen LogP contribution in [0.4, 0.5) is 5.13 Å². The fraction of sp³-hybridized carbons (Fsp3) is 0.250. The Morgan fingerprint density at radius 3 is 2.80 bits per heavy atom. The number of thioether (sulfide) groups is 1. The van der Waals surface area contributed by atoms with Crippen molar-refractivity contribution in [3.05, 3.63) is 36.0 Å². The number of aromatic nitrogens is 3. The van der Waals surface area contributed by atoms with Gasteiger partial charge in [-0.1, -0.05) is 35.2 Å². The van der Waals surface area contributed by atoms with Crippen molar-refractivity contribution in [2.75, 3.05) is 17.7 Å². The maximum atomic E-state index is 12.2. The topological polar surface area (TPSA) is 90.1 Å². The molecule has 1 aromatic carbocycles. The molecule has 0 bridgehead atoms. The molecule has 3 aromatic rings. The third-order valence-corrected chi connectivity index (χ3v) is 4.94. The molecule has 0 atom stereocenters. The standard InChI is InChI=1S/C16H16N4O3S2/c1-3-22-11-7-5-10(6-8-11)13-9-12(20-23-13)14(21)17-15-18-19-16(25-15)24-4-2/h5-9H,3-4H2,1-2H3,(H,17,18,21). The summed E-state index contributed by atoms with van der Waals surface area (Å²) in [5, 5.41) is 14.9. The molecule has 9 heteroatoms. The van der Waals surface area contributed by atoms with Crippen LogP contribution in [0.5, 0.6) is 5.75 Å². The van der Waals surface area contributed by atoms with Crippen LogP contribution in [0.15, 0.2) is 39.2 Å². The first-order valence-electron chi connectivity index (χ1n) is 7.67. The first kappa shape index (κ1) is 17.4. The van der Waals surface area contributed by atoms with Gasteiger partial charge in [0.2, 0.25) is 5.13 Å². The van der Waals surface area contributed by atoms with Gasteiger partial charge in [-0.3, -0.25) is 10.1 Å². The lowest BCUT2D eigenvalue weighted by molar-refractivity contribution is 0.101. The van der Waals surface area contributed by atoms with E-state index in [4.69, 9.17) is 9.26 Å². The monoisotopic (exact) mass is 376 g/mol. The lowest BCUT2D eigenvalue weighted by atomic mass is 10.1. The van der Waals surface area contributed by atoms with Gasteiger partial charge in [0, 0.05) is 11.6 Å². The fourth-order valence-corrected chi connectivity index (χ4v) is 3.65. The van der Waals surface area contributed by atoms with Crippen LogP contribution in [0, 0.1) is 0 Å². The molecule has 0 aliphatic carbocycles. The predicted molar refractivity (Wildman–Crippen MR) is 97.4 cm³/mol. The SMILES string of the molecule is CCOc1ccc(-c2cc(C(=O)Nc3nnc(SCC)s3)no2)cc1. The van der Waals surface area contributed by atoms with Gasteiger partial charge in [-0.05, 0) is 36.9 Å². The van der Waals surface area contributed by atoms with E-state index < -0.39 is 0 Å². The molecule has 0 radical (unpaired) electrons. The van der Waals surface area contributed by atoms with Crippen molar-refractivity contribution in [3.63, 3.8) is 0 Å². The summed E-state index contributed by atoms with van der Waals surface area (Å²) < 4.78 is 11.5. The first-order chi connectivity index (χ1) is 12.2. The normalized spacial score (nSPS) is 10.6. The largest absolute Gasteiger partial charge is 0.494 e. The highest BCUT2D eigenvalue weighted by Crippen LogP contribution is 2.26. The van der Waals surface area contributed by atoms with Gasteiger partial charge < -0.3 is 9.26 Å². The van der Waals surface area contributed by atoms with Crippen molar-refractivity contribution in [2.24, 2.45) is 0 Å². The van der Waals surface area contributed by atoms with E-state index in [1.54, 1.807) is 17.8 Å². The summed E-state index contributed by atoms with van der Waals surface area (Å²) in [6.45, 7) is 4.56. The van der Waals surface area contributed by atoms with Crippen molar-refractivity contribution in [2.45, 2.75) is 18.2 Å². The van der Waals surface area contributed by atoms with E-state index >= 15 is 0 Å². The quantitative estimate of drug-likeness (QED) is 0.493. The molecular formula is C16H16N4O3S2. The van der Waals surface area contributed by atoms with Crippen LogP contribution < -0.4 is 10.1 Å². The van der Waals surface area contributed by atoms with Crippen LogP contribution in [-0.4, -0.2) is 33.6 Å². The number of rotatable bonds is 7. The zero-order chi connectivity index (χ0) is 17.6. The summed E-state index contributed by atoms with van der Waals surface area (Å²) in [5.41, 5.74) is 0.997. The van der Waals surface area contributed by atoms with E-state index in [1.807, 2.05) is 38.1 Å². The molecule has 1 N–H and O–H groups in total. The molecular weight excluding hydrogens is 360 g/mol. The zero-order valence-electron chi connectivity index (χ0n) is 13.7. The molecule has 0 saturated heterocycles. The van der Waals surface area contributed by atoms with Crippen molar-refractivity contribution in [1.29, 1.82) is 0 Å². The Balaban J connectivity index is 1.68. The average molecular weight is 376 g/mol. The van der Waals surface area contributed by atoms with Gasteiger partial charge in [0.1, 0.15) is 5.75 Å². The Bertz CT molecular complexity index is 845. The second-order valence-corrected chi connectivity index (χ2v) is 7.28. The van der Waals surface area contributed by atoms with E-state index in [0.717, 1.165) is 21.4 Å². The van der Waals surface area contributed by atoms with Crippen molar-refractivity contribution >= 4 is 34.1 Å². The molecule has 25 heavy (non-hydrogen) atoms. The molecule has 0 spiro atoms. The van der Waals surface area contributed by atoms with Crippen LogP contribution in [-0.2, 0) is 0 Å². The van der Waals surface area contributed by atoms with Crippen molar-refractivity contribution < 1.29 is 14.1 Å². The number of ether oxygens (including phenoxy) is 1. The number of amides is 1. The van der Waals surface area contributed by atoms with Crippen LogP contribution in [0.2, 0.25) is 0 Å². The van der Waals surface area contributed by atoms with Gasteiger partial charge in [-0.25, -0.2) is 0 Å². The lowest BCUT2D eigenvalue weighted by Crippen LogP contribution is -2.11. The highest BCUT2D eigenvalue weighted by molar-refractivity contribution is 8.01. The fourth-order valence-electron chi connectivity index (χ4n) is 2.00. The van der Waals surface area contributed by atoms with E-state index in [2.05, 4.69) is 20.7 Å². The average Bonchev–Trinajstić information content (AvgIpc) is 3.26. The van der Waals surface area contributed by atoms with E-state index in [1.165, 1.54) is 11.3 Å². The van der Waals surface area contributed by atoms with Gasteiger partial charge in [-0.15, -0.1) is 10.2 Å². The molecule has 1 amide bonds. The van der Waals surface area contributed by atoms with Crippen molar-refractivity contribution in [3.8, 4) is 17.1 Å². The molecule has 2 heterocycles.